The summed E-state index contributed by atoms with van der Waals surface area (Å²) in [6, 6.07) is 7.21. The Balaban J connectivity index is 2.62. The maximum absolute atomic E-state index is 13.5. The van der Waals surface area contributed by atoms with Crippen LogP contribution in [0.3, 0.4) is 0 Å². The summed E-state index contributed by atoms with van der Waals surface area (Å²) < 4.78 is 13.5. The van der Waals surface area contributed by atoms with Crippen LogP contribution in [0.1, 0.15) is 10.4 Å². The van der Waals surface area contributed by atoms with Gasteiger partial charge in [0.25, 0.3) is 0 Å². The Bertz CT molecular complexity index is 603. The average Bonchev–Trinajstić information content (AvgIpc) is 2.27. The van der Waals surface area contributed by atoms with Gasteiger partial charge in [0, 0.05) is 10.6 Å². The van der Waals surface area contributed by atoms with Gasteiger partial charge in [-0.2, -0.15) is 0 Å². The lowest BCUT2D eigenvalue weighted by atomic mass is 10.0. The summed E-state index contributed by atoms with van der Waals surface area (Å²) in [5.41, 5.74) is 0.962. The Labute approximate surface area is 118 Å². The summed E-state index contributed by atoms with van der Waals surface area (Å²) in [6.07, 6.45) is 0.449. The SMILES string of the molecule is O=Cc1ccc(-c2c(Cl)cc(Cl)cc2Cl)cc1F. The molecule has 0 heterocycles. The second-order valence-electron chi connectivity index (χ2n) is 3.60. The number of hydrogen-bond donors (Lipinski definition) is 0. The summed E-state index contributed by atoms with van der Waals surface area (Å²) in [7, 11) is 0. The lowest BCUT2D eigenvalue weighted by Crippen LogP contribution is -1.89. The number of rotatable bonds is 2. The smallest absolute Gasteiger partial charge is 0.152 e. The van der Waals surface area contributed by atoms with Crippen molar-refractivity contribution in [1.82, 2.24) is 0 Å². The Morgan fingerprint density at radius 3 is 2.11 bits per heavy atom. The monoisotopic (exact) mass is 302 g/mol. The molecule has 0 spiro atoms. The fourth-order valence-corrected chi connectivity index (χ4v) is 2.63. The van der Waals surface area contributed by atoms with Crippen molar-refractivity contribution in [3.8, 4) is 11.1 Å². The van der Waals surface area contributed by atoms with E-state index in [1.165, 1.54) is 24.3 Å². The Morgan fingerprint density at radius 2 is 1.61 bits per heavy atom. The molecule has 0 aliphatic carbocycles. The molecule has 0 radical (unpaired) electrons. The molecule has 0 aliphatic rings. The average molecular weight is 304 g/mol. The van der Waals surface area contributed by atoms with Crippen molar-refractivity contribution in [3.63, 3.8) is 0 Å². The van der Waals surface area contributed by atoms with Gasteiger partial charge >= 0.3 is 0 Å². The maximum Gasteiger partial charge on any atom is 0.152 e. The van der Waals surface area contributed by atoms with E-state index in [1.54, 1.807) is 6.07 Å². The first-order valence-electron chi connectivity index (χ1n) is 4.92. The summed E-state index contributed by atoms with van der Waals surface area (Å²) in [6.45, 7) is 0. The van der Waals surface area contributed by atoms with Crippen LogP contribution in [-0.2, 0) is 0 Å². The minimum Gasteiger partial charge on any atom is -0.298 e. The molecule has 0 N–H and O–H groups in total. The second-order valence-corrected chi connectivity index (χ2v) is 4.85. The number of benzene rings is 2. The fourth-order valence-electron chi connectivity index (χ4n) is 1.60. The summed E-state index contributed by atoms with van der Waals surface area (Å²) in [5, 5.41) is 1.05. The van der Waals surface area contributed by atoms with E-state index in [4.69, 9.17) is 34.8 Å². The van der Waals surface area contributed by atoms with Crippen molar-refractivity contribution in [2.75, 3.05) is 0 Å². The molecule has 0 unspecified atom stereocenters. The molecule has 0 aliphatic heterocycles. The van der Waals surface area contributed by atoms with E-state index < -0.39 is 5.82 Å². The molecule has 0 aromatic heterocycles. The van der Waals surface area contributed by atoms with E-state index in [-0.39, 0.29) is 5.56 Å². The normalized spacial score (nSPS) is 10.4. The van der Waals surface area contributed by atoms with Crippen LogP contribution in [0.25, 0.3) is 11.1 Å². The minimum absolute atomic E-state index is 0.0139. The van der Waals surface area contributed by atoms with Gasteiger partial charge in [-0.1, -0.05) is 40.9 Å². The van der Waals surface area contributed by atoms with Gasteiger partial charge in [0.05, 0.1) is 15.6 Å². The number of halogens is 4. The van der Waals surface area contributed by atoms with Crippen LogP contribution in [0.4, 0.5) is 4.39 Å². The molecule has 0 amide bonds. The standard InChI is InChI=1S/C13H6Cl3FO/c14-9-4-10(15)13(11(16)5-9)7-1-2-8(6-18)12(17)3-7/h1-6H. The van der Waals surface area contributed by atoms with Crippen LogP contribution < -0.4 is 0 Å². The zero-order valence-electron chi connectivity index (χ0n) is 8.88. The summed E-state index contributed by atoms with van der Waals surface area (Å²) >= 11 is 17.9. The Kier molecular flexibility index (Phi) is 3.91. The van der Waals surface area contributed by atoms with E-state index in [0.29, 0.717) is 32.5 Å². The molecule has 92 valence electrons. The maximum atomic E-state index is 13.5. The summed E-state index contributed by atoms with van der Waals surface area (Å²) in [5.74, 6) is -0.621. The van der Waals surface area contributed by atoms with Gasteiger partial charge in [-0.3, -0.25) is 4.79 Å². The van der Waals surface area contributed by atoms with Gasteiger partial charge in [0.15, 0.2) is 6.29 Å². The molecule has 0 saturated carbocycles. The molecular formula is C13H6Cl3FO. The van der Waals surface area contributed by atoms with Crippen LogP contribution in [-0.4, -0.2) is 6.29 Å². The zero-order valence-corrected chi connectivity index (χ0v) is 11.2. The van der Waals surface area contributed by atoms with Crippen LogP contribution in [0.2, 0.25) is 15.1 Å². The van der Waals surface area contributed by atoms with Crippen molar-refractivity contribution >= 4 is 41.1 Å². The van der Waals surface area contributed by atoms with Gasteiger partial charge in [0.2, 0.25) is 0 Å². The molecule has 0 atom stereocenters. The van der Waals surface area contributed by atoms with Crippen molar-refractivity contribution < 1.29 is 9.18 Å². The van der Waals surface area contributed by atoms with Crippen molar-refractivity contribution in [1.29, 1.82) is 0 Å². The molecular weight excluding hydrogens is 297 g/mol. The van der Waals surface area contributed by atoms with E-state index in [1.807, 2.05) is 0 Å². The topological polar surface area (TPSA) is 17.1 Å². The Morgan fingerprint density at radius 1 is 1.00 bits per heavy atom. The van der Waals surface area contributed by atoms with Gasteiger partial charge in [-0.25, -0.2) is 4.39 Å². The Hall–Kier alpha value is -1.09. The van der Waals surface area contributed by atoms with E-state index in [9.17, 15) is 9.18 Å². The fraction of sp³-hybridized carbons (Fsp3) is 0. The van der Waals surface area contributed by atoms with Gasteiger partial charge < -0.3 is 0 Å². The van der Waals surface area contributed by atoms with Crippen LogP contribution in [0.5, 0.6) is 0 Å². The van der Waals surface area contributed by atoms with E-state index >= 15 is 0 Å². The van der Waals surface area contributed by atoms with Crippen molar-refractivity contribution in [2.45, 2.75) is 0 Å². The lowest BCUT2D eigenvalue weighted by Gasteiger charge is -2.08. The van der Waals surface area contributed by atoms with Crippen LogP contribution in [0.15, 0.2) is 30.3 Å². The molecule has 1 nitrogen and oxygen atoms in total. The molecule has 5 heteroatoms. The number of carbonyl (C=O) groups is 1. The first-order valence-corrected chi connectivity index (χ1v) is 6.06. The molecule has 18 heavy (non-hydrogen) atoms. The van der Waals surface area contributed by atoms with Crippen LogP contribution in [0, 0.1) is 5.82 Å². The quantitative estimate of drug-likeness (QED) is 0.691. The highest BCUT2D eigenvalue weighted by Gasteiger charge is 2.12. The van der Waals surface area contributed by atoms with Gasteiger partial charge in [-0.05, 0) is 29.8 Å². The predicted octanol–water partition coefficient (Wildman–Crippen LogP) is 5.27. The number of hydrogen-bond acceptors (Lipinski definition) is 1. The molecule has 2 aromatic carbocycles. The molecule has 2 aromatic rings. The third-order valence-electron chi connectivity index (χ3n) is 2.42. The van der Waals surface area contributed by atoms with Gasteiger partial charge in [0.1, 0.15) is 5.82 Å². The van der Waals surface area contributed by atoms with Crippen molar-refractivity contribution in [3.05, 3.63) is 56.8 Å². The molecule has 2 rings (SSSR count). The highest BCUT2D eigenvalue weighted by Crippen LogP contribution is 2.37. The largest absolute Gasteiger partial charge is 0.298 e. The predicted molar refractivity (Wildman–Crippen MR) is 72.3 cm³/mol. The zero-order chi connectivity index (χ0) is 13.3. The molecule has 0 bridgehead atoms. The summed E-state index contributed by atoms with van der Waals surface area (Å²) in [4.78, 5) is 10.5. The van der Waals surface area contributed by atoms with Gasteiger partial charge in [-0.15, -0.1) is 0 Å². The third kappa shape index (κ3) is 2.51. The van der Waals surface area contributed by atoms with E-state index in [2.05, 4.69) is 0 Å². The first kappa shape index (κ1) is 13.3. The first-order chi connectivity index (χ1) is 8.52. The second kappa shape index (κ2) is 5.27. The lowest BCUT2D eigenvalue weighted by molar-refractivity contribution is 0.112. The highest BCUT2D eigenvalue weighted by molar-refractivity contribution is 6.41. The third-order valence-corrected chi connectivity index (χ3v) is 3.24. The number of aldehydes is 1. The number of carbonyl (C=O) groups excluding carboxylic acids is 1. The molecule has 0 saturated heterocycles. The highest BCUT2D eigenvalue weighted by atomic mass is 35.5. The van der Waals surface area contributed by atoms with Crippen LogP contribution >= 0.6 is 34.8 Å². The van der Waals surface area contributed by atoms with E-state index in [0.717, 1.165) is 0 Å². The minimum atomic E-state index is -0.621. The molecule has 0 fully saturated rings. The van der Waals surface area contributed by atoms with Crippen molar-refractivity contribution in [2.24, 2.45) is 0 Å².